The first-order chi connectivity index (χ1) is 8.31. The van der Waals surface area contributed by atoms with E-state index in [1.807, 2.05) is 0 Å². The molecule has 5 heteroatoms. The Balaban J connectivity index is 2.68. The molecular formula is C13H19ClN2O2. The molecule has 4 nitrogen and oxygen atoms in total. The van der Waals surface area contributed by atoms with Gasteiger partial charge in [0.15, 0.2) is 0 Å². The van der Waals surface area contributed by atoms with Crippen LogP contribution in [0.4, 0.5) is 0 Å². The van der Waals surface area contributed by atoms with Gasteiger partial charge in [0.05, 0.1) is 12.6 Å². The van der Waals surface area contributed by atoms with Gasteiger partial charge in [0, 0.05) is 11.2 Å². The zero-order valence-corrected chi connectivity index (χ0v) is 11.7. The van der Waals surface area contributed by atoms with Gasteiger partial charge in [-0.1, -0.05) is 32.4 Å². The average molecular weight is 271 g/mol. The second kappa shape index (κ2) is 6.16. The molecule has 1 heterocycles. The third kappa shape index (κ3) is 5.02. The van der Waals surface area contributed by atoms with Gasteiger partial charge in [-0.05, 0) is 24.0 Å². The van der Waals surface area contributed by atoms with Crippen LogP contribution < -0.4 is 5.32 Å². The molecule has 0 aliphatic carbocycles. The minimum Gasteiger partial charge on any atom is -0.394 e. The van der Waals surface area contributed by atoms with Crippen molar-refractivity contribution < 1.29 is 9.90 Å². The lowest BCUT2D eigenvalue weighted by Crippen LogP contribution is -2.40. The first-order valence-electron chi connectivity index (χ1n) is 5.85. The van der Waals surface area contributed by atoms with E-state index in [1.54, 1.807) is 6.07 Å². The third-order valence-corrected chi connectivity index (χ3v) is 2.60. The van der Waals surface area contributed by atoms with E-state index in [9.17, 15) is 9.90 Å². The Bertz CT molecular complexity index is 416. The molecular weight excluding hydrogens is 252 g/mol. The summed E-state index contributed by atoms with van der Waals surface area (Å²) in [6, 6.07) is 2.83. The summed E-state index contributed by atoms with van der Waals surface area (Å²) in [5.41, 5.74) is 0.289. The van der Waals surface area contributed by atoms with Crippen LogP contribution in [-0.2, 0) is 0 Å². The molecule has 1 rings (SSSR count). The van der Waals surface area contributed by atoms with Crippen molar-refractivity contribution in [2.75, 3.05) is 6.61 Å². The molecule has 1 aromatic heterocycles. The maximum atomic E-state index is 11.9. The average Bonchev–Trinajstić information content (AvgIpc) is 2.26. The maximum Gasteiger partial charge on any atom is 0.270 e. The number of nitrogens with zero attached hydrogens (tertiary/aromatic N) is 1. The number of nitrogens with one attached hydrogen (secondary N) is 1. The molecule has 1 aromatic rings. The molecule has 1 atom stereocenters. The van der Waals surface area contributed by atoms with Crippen LogP contribution >= 0.6 is 11.6 Å². The lowest BCUT2D eigenvalue weighted by Gasteiger charge is -2.25. The van der Waals surface area contributed by atoms with Crippen molar-refractivity contribution in [1.82, 2.24) is 10.3 Å². The highest BCUT2D eigenvalue weighted by Crippen LogP contribution is 2.20. The summed E-state index contributed by atoms with van der Waals surface area (Å²) >= 11 is 5.80. The number of carbonyl (C=O) groups excluding carboxylic acids is 1. The summed E-state index contributed by atoms with van der Waals surface area (Å²) in [4.78, 5) is 15.9. The Morgan fingerprint density at radius 3 is 2.72 bits per heavy atom. The fraction of sp³-hybridized carbons (Fsp3) is 0.538. The van der Waals surface area contributed by atoms with Gasteiger partial charge in [0.2, 0.25) is 0 Å². The molecule has 0 aliphatic heterocycles. The Kier molecular flexibility index (Phi) is 5.11. The second-order valence-corrected chi connectivity index (χ2v) is 5.91. The summed E-state index contributed by atoms with van der Waals surface area (Å²) in [7, 11) is 0. The summed E-state index contributed by atoms with van der Waals surface area (Å²) in [5.74, 6) is -0.319. The van der Waals surface area contributed by atoms with Gasteiger partial charge >= 0.3 is 0 Å². The van der Waals surface area contributed by atoms with Crippen LogP contribution in [0.1, 0.15) is 37.7 Å². The van der Waals surface area contributed by atoms with E-state index in [0.717, 1.165) is 0 Å². The topological polar surface area (TPSA) is 62.2 Å². The van der Waals surface area contributed by atoms with Crippen molar-refractivity contribution in [3.05, 3.63) is 29.0 Å². The highest BCUT2D eigenvalue weighted by molar-refractivity contribution is 6.30. The summed E-state index contributed by atoms with van der Waals surface area (Å²) < 4.78 is 0. The molecule has 0 aliphatic rings. The lowest BCUT2D eigenvalue weighted by molar-refractivity contribution is 0.0892. The number of hydrogen-bond donors (Lipinski definition) is 2. The molecule has 0 bridgehead atoms. The molecule has 100 valence electrons. The van der Waals surface area contributed by atoms with Gasteiger partial charge in [-0.15, -0.1) is 0 Å². The van der Waals surface area contributed by atoms with E-state index in [2.05, 4.69) is 31.1 Å². The summed E-state index contributed by atoms with van der Waals surface area (Å²) in [5, 5.41) is 12.5. The Hall–Kier alpha value is -1.13. The molecule has 18 heavy (non-hydrogen) atoms. The number of aliphatic hydroxyl groups is 1. The third-order valence-electron chi connectivity index (χ3n) is 2.37. The predicted molar refractivity (Wildman–Crippen MR) is 71.7 cm³/mol. The number of aromatic nitrogens is 1. The van der Waals surface area contributed by atoms with E-state index in [-0.39, 0.29) is 29.7 Å². The fourth-order valence-electron chi connectivity index (χ4n) is 1.69. The molecule has 0 saturated heterocycles. The van der Waals surface area contributed by atoms with Crippen molar-refractivity contribution >= 4 is 17.5 Å². The SMILES string of the molecule is CC(C)(C)CC(CO)NC(=O)c1cc(Cl)ccn1. The number of aliphatic hydroxyl groups excluding tert-OH is 1. The van der Waals surface area contributed by atoms with Crippen molar-refractivity contribution in [3.8, 4) is 0 Å². The standard InChI is InChI=1S/C13H19ClN2O2/c1-13(2,3)7-10(8-17)16-12(18)11-6-9(14)4-5-15-11/h4-6,10,17H,7-8H2,1-3H3,(H,16,18). The normalized spacial score (nSPS) is 13.2. The quantitative estimate of drug-likeness (QED) is 0.882. The Labute approximate surface area is 112 Å². The lowest BCUT2D eigenvalue weighted by atomic mass is 9.88. The minimum atomic E-state index is -0.319. The highest BCUT2D eigenvalue weighted by Gasteiger charge is 2.20. The smallest absolute Gasteiger partial charge is 0.270 e. The largest absolute Gasteiger partial charge is 0.394 e. The fourth-order valence-corrected chi connectivity index (χ4v) is 1.85. The zero-order valence-electron chi connectivity index (χ0n) is 10.9. The van der Waals surface area contributed by atoms with E-state index in [1.165, 1.54) is 12.3 Å². The molecule has 0 saturated carbocycles. The monoisotopic (exact) mass is 270 g/mol. The molecule has 0 spiro atoms. The van der Waals surface area contributed by atoms with E-state index >= 15 is 0 Å². The molecule has 1 unspecified atom stereocenters. The van der Waals surface area contributed by atoms with Crippen molar-refractivity contribution in [3.63, 3.8) is 0 Å². The first-order valence-corrected chi connectivity index (χ1v) is 6.23. The number of amides is 1. The highest BCUT2D eigenvalue weighted by atomic mass is 35.5. The van der Waals surface area contributed by atoms with Gasteiger partial charge in [-0.3, -0.25) is 9.78 Å². The number of hydrogen-bond acceptors (Lipinski definition) is 3. The van der Waals surface area contributed by atoms with Gasteiger partial charge in [-0.2, -0.15) is 0 Å². The Morgan fingerprint density at radius 1 is 1.56 bits per heavy atom. The van der Waals surface area contributed by atoms with Crippen molar-refractivity contribution in [1.29, 1.82) is 0 Å². The number of halogens is 1. The van der Waals surface area contributed by atoms with Crippen LogP contribution in [-0.4, -0.2) is 28.6 Å². The van der Waals surface area contributed by atoms with Crippen LogP contribution in [0.15, 0.2) is 18.3 Å². The van der Waals surface area contributed by atoms with Crippen LogP contribution in [0.25, 0.3) is 0 Å². The van der Waals surface area contributed by atoms with Crippen LogP contribution in [0.5, 0.6) is 0 Å². The van der Waals surface area contributed by atoms with E-state index in [4.69, 9.17) is 11.6 Å². The molecule has 2 N–H and O–H groups in total. The van der Waals surface area contributed by atoms with Crippen LogP contribution in [0.2, 0.25) is 5.02 Å². The van der Waals surface area contributed by atoms with Gasteiger partial charge in [0.1, 0.15) is 5.69 Å². The van der Waals surface area contributed by atoms with E-state index in [0.29, 0.717) is 11.4 Å². The van der Waals surface area contributed by atoms with E-state index < -0.39 is 0 Å². The van der Waals surface area contributed by atoms with Crippen LogP contribution in [0.3, 0.4) is 0 Å². The van der Waals surface area contributed by atoms with Crippen molar-refractivity contribution in [2.45, 2.75) is 33.2 Å². The minimum absolute atomic E-state index is 0.0302. The predicted octanol–water partition coefficient (Wildman–Crippen LogP) is 2.26. The number of rotatable bonds is 4. The van der Waals surface area contributed by atoms with Crippen LogP contribution in [0, 0.1) is 5.41 Å². The number of carbonyl (C=O) groups is 1. The zero-order chi connectivity index (χ0) is 13.8. The molecule has 0 radical (unpaired) electrons. The number of pyridine rings is 1. The van der Waals surface area contributed by atoms with Gasteiger partial charge in [-0.25, -0.2) is 0 Å². The molecule has 0 aromatic carbocycles. The van der Waals surface area contributed by atoms with Gasteiger partial charge in [0.25, 0.3) is 5.91 Å². The van der Waals surface area contributed by atoms with Gasteiger partial charge < -0.3 is 10.4 Å². The first kappa shape index (κ1) is 14.9. The summed E-state index contributed by atoms with van der Waals surface area (Å²) in [6.45, 7) is 6.07. The summed E-state index contributed by atoms with van der Waals surface area (Å²) in [6.07, 6.45) is 2.17. The molecule has 1 amide bonds. The molecule has 0 fully saturated rings. The maximum absolute atomic E-state index is 11.9. The second-order valence-electron chi connectivity index (χ2n) is 5.48. The van der Waals surface area contributed by atoms with Crippen molar-refractivity contribution in [2.24, 2.45) is 5.41 Å². The Morgan fingerprint density at radius 2 is 2.22 bits per heavy atom.